The first-order chi connectivity index (χ1) is 12.6. The number of carbonyl (C=O) groups is 2. The third kappa shape index (κ3) is 7.13. The van der Waals surface area contributed by atoms with Crippen LogP contribution in [0.4, 0.5) is 0 Å². The summed E-state index contributed by atoms with van der Waals surface area (Å²) in [6.07, 6.45) is 0.861. The SMILES string of the molecule is CN(CCCNC(=O)CNC(=O)c1ccccc1I)Cc1ccccc1. The zero-order chi connectivity index (χ0) is 18.8. The molecule has 0 saturated carbocycles. The van der Waals surface area contributed by atoms with Gasteiger partial charge in [-0.2, -0.15) is 0 Å². The maximum Gasteiger partial charge on any atom is 0.252 e. The van der Waals surface area contributed by atoms with Crippen molar-refractivity contribution in [2.45, 2.75) is 13.0 Å². The van der Waals surface area contributed by atoms with Crippen molar-refractivity contribution in [2.75, 3.05) is 26.7 Å². The molecule has 2 amide bonds. The summed E-state index contributed by atoms with van der Waals surface area (Å²) < 4.78 is 0.865. The lowest BCUT2D eigenvalue weighted by atomic mass is 10.2. The Morgan fingerprint density at radius 3 is 2.42 bits per heavy atom. The van der Waals surface area contributed by atoms with Gasteiger partial charge in [0.1, 0.15) is 0 Å². The van der Waals surface area contributed by atoms with Crippen LogP contribution in [0.1, 0.15) is 22.3 Å². The second-order valence-electron chi connectivity index (χ2n) is 6.09. The quantitative estimate of drug-likeness (QED) is 0.442. The highest BCUT2D eigenvalue weighted by molar-refractivity contribution is 14.1. The maximum atomic E-state index is 12.1. The summed E-state index contributed by atoms with van der Waals surface area (Å²) in [5.41, 5.74) is 1.86. The minimum absolute atomic E-state index is 0.0103. The molecule has 0 spiro atoms. The summed E-state index contributed by atoms with van der Waals surface area (Å²) >= 11 is 2.11. The fourth-order valence-electron chi connectivity index (χ4n) is 2.51. The van der Waals surface area contributed by atoms with Gasteiger partial charge in [0.15, 0.2) is 0 Å². The predicted molar refractivity (Wildman–Crippen MR) is 112 cm³/mol. The molecule has 0 fully saturated rings. The Morgan fingerprint density at radius 1 is 1.00 bits per heavy atom. The number of benzene rings is 2. The minimum atomic E-state index is -0.229. The normalized spacial score (nSPS) is 10.6. The van der Waals surface area contributed by atoms with E-state index in [1.807, 2.05) is 36.4 Å². The zero-order valence-corrected chi connectivity index (χ0v) is 17.0. The summed E-state index contributed by atoms with van der Waals surface area (Å²) in [6, 6.07) is 17.6. The smallest absolute Gasteiger partial charge is 0.252 e. The first kappa shape index (κ1) is 20.4. The highest BCUT2D eigenvalue weighted by Gasteiger charge is 2.10. The molecule has 6 heteroatoms. The number of halogens is 1. The standard InChI is InChI=1S/C20H24IN3O2/c1-24(15-16-8-3-2-4-9-16)13-7-12-22-19(25)14-23-20(26)17-10-5-6-11-18(17)21/h2-6,8-11H,7,12-15H2,1H3,(H,22,25)(H,23,26). The van der Waals surface area contributed by atoms with Crippen molar-refractivity contribution in [1.82, 2.24) is 15.5 Å². The number of carbonyl (C=O) groups excluding carboxylic acids is 2. The molecule has 5 nitrogen and oxygen atoms in total. The lowest BCUT2D eigenvalue weighted by molar-refractivity contribution is -0.120. The van der Waals surface area contributed by atoms with E-state index in [9.17, 15) is 9.59 Å². The molecule has 2 rings (SSSR count). The van der Waals surface area contributed by atoms with Crippen LogP contribution in [0.2, 0.25) is 0 Å². The second-order valence-corrected chi connectivity index (χ2v) is 7.25. The van der Waals surface area contributed by atoms with E-state index in [-0.39, 0.29) is 18.4 Å². The number of rotatable bonds is 9. The molecule has 0 unspecified atom stereocenters. The Morgan fingerprint density at radius 2 is 1.69 bits per heavy atom. The number of hydrogen-bond donors (Lipinski definition) is 2. The predicted octanol–water partition coefficient (Wildman–Crippen LogP) is 2.66. The molecular formula is C20H24IN3O2. The summed E-state index contributed by atoms with van der Waals surface area (Å²) in [5, 5.41) is 5.50. The van der Waals surface area contributed by atoms with E-state index in [2.05, 4.69) is 57.3 Å². The van der Waals surface area contributed by atoms with Crippen molar-refractivity contribution in [3.05, 3.63) is 69.3 Å². The van der Waals surface area contributed by atoms with E-state index in [1.165, 1.54) is 5.56 Å². The van der Waals surface area contributed by atoms with Gasteiger partial charge in [-0.1, -0.05) is 42.5 Å². The lowest BCUT2D eigenvalue weighted by Crippen LogP contribution is -2.38. The van der Waals surface area contributed by atoms with Gasteiger partial charge in [0.05, 0.1) is 12.1 Å². The Kier molecular flexibility index (Phi) is 8.57. The summed E-state index contributed by atoms with van der Waals surface area (Å²) in [6.45, 7) is 2.37. The topological polar surface area (TPSA) is 61.4 Å². The molecule has 0 aliphatic heterocycles. The number of amides is 2. The van der Waals surface area contributed by atoms with Crippen molar-refractivity contribution >= 4 is 34.4 Å². The van der Waals surface area contributed by atoms with Gasteiger partial charge in [-0.15, -0.1) is 0 Å². The Bertz CT molecular complexity index is 722. The fourth-order valence-corrected chi connectivity index (χ4v) is 3.15. The van der Waals surface area contributed by atoms with Crippen molar-refractivity contribution in [3.63, 3.8) is 0 Å². The average molecular weight is 465 g/mol. The van der Waals surface area contributed by atoms with Crippen LogP contribution in [0.5, 0.6) is 0 Å². The third-order valence-electron chi connectivity index (χ3n) is 3.86. The Labute approximate surface area is 168 Å². The van der Waals surface area contributed by atoms with E-state index >= 15 is 0 Å². The highest BCUT2D eigenvalue weighted by Crippen LogP contribution is 2.10. The van der Waals surface area contributed by atoms with Gasteiger partial charge >= 0.3 is 0 Å². The van der Waals surface area contributed by atoms with Crippen molar-refractivity contribution in [1.29, 1.82) is 0 Å². The molecule has 0 aliphatic rings. The fraction of sp³-hybridized carbons (Fsp3) is 0.300. The van der Waals surface area contributed by atoms with Gasteiger partial charge in [-0.05, 0) is 60.3 Å². The zero-order valence-electron chi connectivity index (χ0n) is 14.9. The van der Waals surface area contributed by atoms with Gasteiger partial charge in [0, 0.05) is 16.7 Å². The van der Waals surface area contributed by atoms with Gasteiger partial charge in [-0.3, -0.25) is 9.59 Å². The van der Waals surface area contributed by atoms with Crippen molar-refractivity contribution < 1.29 is 9.59 Å². The van der Waals surface area contributed by atoms with Crippen LogP contribution in [-0.4, -0.2) is 43.4 Å². The molecule has 138 valence electrons. The van der Waals surface area contributed by atoms with Crippen LogP contribution in [0, 0.1) is 3.57 Å². The molecule has 0 bridgehead atoms. The summed E-state index contributed by atoms with van der Waals surface area (Å²) in [7, 11) is 2.07. The van der Waals surface area contributed by atoms with Crippen LogP contribution >= 0.6 is 22.6 Å². The van der Waals surface area contributed by atoms with Gasteiger partial charge in [0.25, 0.3) is 5.91 Å². The lowest BCUT2D eigenvalue weighted by Gasteiger charge is -2.16. The van der Waals surface area contributed by atoms with E-state index in [0.29, 0.717) is 12.1 Å². The van der Waals surface area contributed by atoms with Gasteiger partial charge in [0.2, 0.25) is 5.91 Å². The molecule has 0 aromatic heterocycles. The summed E-state index contributed by atoms with van der Waals surface area (Å²) in [5.74, 6) is -0.400. The monoisotopic (exact) mass is 465 g/mol. The minimum Gasteiger partial charge on any atom is -0.355 e. The first-order valence-corrected chi connectivity index (χ1v) is 9.66. The first-order valence-electron chi connectivity index (χ1n) is 8.58. The largest absolute Gasteiger partial charge is 0.355 e. The maximum absolute atomic E-state index is 12.1. The molecule has 26 heavy (non-hydrogen) atoms. The Balaban J connectivity index is 1.60. The number of nitrogens with zero attached hydrogens (tertiary/aromatic N) is 1. The number of hydrogen-bond acceptors (Lipinski definition) is 3. The van der Waals surface area contributed by atoms with E-state index in [0.717, 1.165) is 23.1 Å². The van der Waals surface area contributed by atoms with E-state index in [4.69, 9.17) is 0 Å². The van der Waals surface area contributed by atoms with Crippen LogP contribution in [0.25, 0.3) is 0 Å². The highest BCUT2D eigenvalue weighted by atomic mass is 127. The molecular weight excluding hydrogens is 441 g/mol. The Hall–Kier alpha value is -1.93. The van der Waals surface area contributed by atoms with Crippen LogP contribution in [0.3, 0.4) is 0 Å². The molecule has 0 atom stereocenters. The van der Waals surface area contributed by atoms with Gasteiger partial charge in [-0.25, -0.2) is 0 Å². The van der Waals surface area contributed by atoms with Crippen LogP contribution in [0.15, 0.2) is 54.6 Å². The van der Waals surface area contributed by atoms with Crippen molar-refractivity contribution in [3.8, 4) is 0 Å². The summed E-state index contributed by atoms with van der Waals surface area (Å²) in [4.78, 5) is 26.1. The molecule has 0 saturated heterocycles. The molecule has 2 aromatic rings. The van der Waals surface area contributed by atoms with Crippen molar-refractivity contribution in [2.24, 2.45) is 0 Å². The average Bonchev–Trinajstić information content (AvgIpc) is 2.64. The van der Waals surface area contributed by atoms with Crippen LogP contribution < -0.4 is 10.6 Å². The van der Waals surface area contributed by atoms with Crippen LogP contribution in [-0.2, 0) is 11.3 Å². The number of nitrogens with one attached hydrogen (secondary N) is 2. The van der Waals surface area contributed by atoms with E-state index < -0.39 is 0 Å². The third-order valence-corrected chi connectivity index (χ3v) is 4.80. The molecule has 0 heterocycles. The second kappa shape index (κ2) is 10.9. The molecule has 0 aliphatic carbocycles. The van der Waals surface area contributed by atoms with Gasteiger partial charge < -0.3 is 15.5 Å². The molecule has 0 radical (unpaired) electrons. The molecule has 2 N–H and O–H groups in total. The molecule has 2 aromatic carbocycles. The van der Waals surface area contributed by atoms with E-state index in [1.54, 1.807) is 6.07 Å².